The van der Waals surface area contributed by atoms with Crippen molar-refractivity contribution in [2.75, 3.05) is 0 Å². The molecule has 90 valence electrons. The normalized spacial score (nSPS) is 13.0. The van der Waals surface area contributed by atoms with E-state index < -0.39 is 11.6 Å². The SMILES string of the molecule is Cc1cc(C(C)(C)C(F)(F)F)c(C)cc1Br. The van der Waals surface area contributed by atoms with Crippen LogP contribution >= 0.6 is 15.9 Å². The summed E-state index contributed by atoms with van der Waals surface area (Å²) in [5.74, 6) is 0. The highest BCUT2D eigenvalue weighted by Gasteiger charge is 2.49. The minimum absolute atomic E-state index is 0.334. The first-order valence-corrected chi connectivity index (χ1v) is 5.70. The van der Waals surface area contributed by atoms with Gasteiger partial charge in [0.2, 0.25) is 0 Å². The molecular formula is C12H14BrF3. The number of hydrogen-bond donors (Lipinski definition) is 0. The summed E-state index contributed by atoms with van der Waals surface area (Å²) in [6.45, 7) is 5.91. The standard InChI is InChI=1S/C12H14BrF3/c1-7-6-10(13)8(2)5-9(7)11(3,4)12(14,15)16/h5-6H,1-4H3. The fourth-order valence-corrected chi connectivity index (χ4v) is 2.06. The number of alkyl halides is 3. The van der Waals surface area contributed by atoms with Crippen LogP contribution in [0, 0.1) is 13.8 Å². The molecule has 0 heterocycles. The molecule has 0 saturated heterocycles. The Bertz CT molecular complexity index is 405. The second-order valence-electron chi connectivity index (χ2n) is 4.54. The summed E-state index contributed by atoms with van der Waals surface area (Å²) in [5, 5.41) is 0. The third-order valence-corrected chi connectivity index (χ3v) is 3.74. The number of benzene rings is 1. The van der Waals surface area contributed by atoms with E-state index in [1.165, 1.54) is 13.8 Å². The predicted molar refractivity (Wildman–Crippen MR) is 62.7 cm³/mol. The van der Waals surface area contributed by atoms with Crippen molar-refractivity contribution < 1.29 is 13.2 Å². The van der Waals surface area contributed by atoms with Gasteiger partial charge >= 0.3 is 6.18 Å². The monoisotopic (exact) mass is 294 g/mol. The van der Waals surface area contributed by atoms with Crippen LogP contribution in [0.2, 0.25) is 0 Å². The summed E-state index contributed by atoms with van der Waals surface area (Å²) in [7, 11) is 0. The van der Waals surface area contributed by atoms with Gasteiger partial charge in [0.15, 0.2) is 0 Å². The predicted octanol–water partition coefficient (Wildman–Crippen LogP) is 4.91. The lowest BCUT2D eigenvalue weighted by atomic mass is 9.81. The molecule has 0 aromatic heterocycles. The molecule has 0 radical (unpaired) electrons. The molecule has 0 unspecified atom stereocenters. The fraction of sp³-hybridized carbons (Fsp3) is 0.500. The molecule has 0 bridgehead atoms. The van der Waals surface area contributed by atoms with Gasteiger partial charge in [0, 0.05) is 4.47 Å². The van der Waals surface area contributed by atoms with Crippen LogP contribution in [0.15, 0.2) is 16.6 Å². The largest absolute Gasteiger partial charge is 0.397 e. The third-order valence-electron chi connectivity index (χ3n) is 2.89. The van der Waals surface area contributed by atoms with E-state index in [1.54, 1.807) is 26.0 Å². The zero-order chi connectivity index (χ0) is 12.7. The molecule has 0 atom stereocenters. The van der Waals surface area contributed by atoms with Crippen molar-refractivity contribution in [2.24, 2.45) is 0 Å². The Morgan fingerprint density at radius 1 is 1.00 bits per heavy atom. The molecule has 0 saturated carbocycles. The van der Waals surface area contributed by atoms with E-state index >= 15 is 0 Å². The van der Waals surface area contributed by atoms with Crippen molar-refractivity contribution in [3.63, 3.8) is 0 Å². The molecule has 0 N–H and O–H groups in total. The maximum atomic E-state index is 12.9. The van der Waals surface area contributed by atoms with Crippen LogP contribution in [0.4, 0.5) is 13.2 Å². The lowest BCUT2D eigenvalue weighted by Gasteiger charge is -2.30. The Morgan fingerprint density at radius 2 is 1.50 bits per heavy atom. The van der Waals surface area contributed by atoms with Gasteiger partial charge in [0.05, 0.1) is 5.41 Å². The van der Waals surface area contributed by atoms with Crippen molar-refractivity contribution >= 4 is 15.9 Å². The number of halogens is 4. The van der Waals surface area contributed by atoms with Crippen LogP contribution in [-0.4, -0.2) is 6.18 Å². The summed E-state index contributed by atoms with van der Waals surface area (Å²) in [4.78, 5) is 0. The maximum absolute atomic E-state index is 12.9. The van der Waals surface area contributed by atoms with E-state index in [2.05, 4.69) is 15.9 Å². The molecule has 0 fully saturated rings. The Labute approximate surface area is 102 Å². The summed E-state index contributed by atoms with van der Waals surface area (Å²) < 4.78 is 39.6. The molecule has 0 spiro atoms. The molecular weight excluding hydrogens is 281 g/mol. The van der Waals surface area contributed by atoms with Gasteiger partial charge in [0.25, 0.3) is 0 Å². The quantitative estimate of drug-likeness (QED) is 0.691. The van der Waals surface area contributed by atoms with Gasteiger partial charge in [-0.05, 0) is 50.5 Å². The summed E-state index contributed by atoms with van der Waals surface area (Å²) in [6.07, 6.45) is -4.24. The van der Waals surface area contributed by atoms with E-state index in [1.807, 2.05) is 0 Å². The first-order valence-electron chi connectivity index (χ1n) is 4.91. The van der Waals surface area contributed by atoms with Crippen LogP contribution in [0.25, 0.3) is 0 Å². The Balaban J connectivity index is 3.39. The average molecular weight is 295 g/mol. The zero-order valence-corrected chi connectivity index (χ0v) is 11.3. The fourth-order valence-electron chi connectivity index (χ4n) is 1.61. The smallest absolute Gasteiger partial charge is 0.170 e. The van der Waals surface area contributed by atoms with E-state index in [4.69, 9.17) is 0 Å². The van der Waals surface area contributed by atoms with Crippen molar-refractivity contribution in [3.05, 3.63) is 33.3 Å². The zero-order valence-electron chi connectivity index (χ0n) is 9.67. The van der Waals surface area contributed by atoms with Crippen LogP contribution in [0.5, 0.6) is 0 Å². The second-order valence-corrected chi connectivity index (χ2v) is 5.39. The third kappa shape index (κ3) is 2.26. The van der Waals surface area contributed by atoms with Crippen molar-refractivity contribution in [2.45, 2.75) is 39.3 Å². The molecule has 1 aromatic carbocycles. The van der Waals surface area contributed by atoms with E-state index in [0.717, 1.165) is 10.0 Å². The van der Waals surface area contributed by atoms with Gasteiger partial charge in [-0.3, -0.25) is 0 Å². The van der Waals surface area contributed by atoms with Crippen LogP contribution in [-0.2, 0) is 5.41 Å². The lowest BCUT2D eigenvalue weighted by Crippen LogP contribution is -2.37. The van der Waals surface area contributed by atoms with Crippen LogP contribution in [0.3, 0.4) is 0 Å². The minimum atomic E-state index is -4.24. The van der Waals surface area contributed by atoms with E-state index in [0.29, 0.717) is 11.1 Å². The molecule has 16 heavy (non-hydrogen) atoms. The van der Waals surface area contributed by atoms with Crippen molar-refractivity contribution in [1.29, 1.82) is 0 Å². The summed E-state index contributed by atoms with van der Waals surface area (Å²) >= 11 is 3.32. The van der Waals surface area contributed by atoms with Gasteiger partial charge in [0.1, 0.15) is 0 Å². The van der Waals surface area contributed by atoms with Gasteiger partial charge in [-0.2, -0.15) is 13.2 Å². The maximum Gasteiger partial charge on any atom is 0.397 e. The highest BCUT2D eigenvalue weighted by Crippen LogP contribution is 2.42. The second kappa shape index (κ2) is 4.06. The van der Waals surface area contributed by atoms with Crippen LogP contribution in [0.1, 0.15) is 30.5 Å². The topological polar surface area (TPSA) is 0 Å². The van der Waals surface area contributed by atoms with Crippen molar-refractivity contribution in [1.82, 2.24) is 0 Å². The molecule has 0 amide bonds. The van der Waals surface area contributed by atoms with Gasteiger partial charge in [-0.1, -0.05) is 22.0 Å². The first-order chi connectivity index (χ1) is 7.07. The Kier molecular flexibility index (Phi) is 3.44. The molecule has 1 rings (SSSR count). The summed E-state index contributed by atoms with van der Waals surface area (Å²) in [6, 6.07) is 3.34. The molecule has 4 heteroatoms. The molecule has 0 aliphatic rings. The highest BCUT2D eigenvalue weighted by molar-refractivity contribution is 9.10. The first kappa shape index (κ1) is 13.6. The lowest BCUT2D eigenvalue weighted by molar-refractivity contribution is -0.180. The molecule has 0 aliphatic carbocycles. The highest BCUT2D eigenvalue weighted by atomic mass is 79.9. The number of hydrogen-bond acceptors (Lipinski definition) is 0. The Hall–Kier alpha value is -0.510. The molecule has 1 aromatic rings. The minimum Gasteiger partial charge on any atom is -0.170 e. The van der Waals surface area contributed by atoms with Gasteiger partial charge in [-0.25, -0.2) is 0 Å². The average Bonchev–Trinajstić information content (AvgIpc) is 2.09. The number of aryl methyl sites for hydroxylation is 2. The van der Waals surface area contributed by atoms with Gasteiger partial charge in [-0.15, -0.1) is 0 Å². The van der Waals surface area contributed by atoms with Crippen LogP contribution < -0.4 is 0 Å². The Morgan fingerprint density at radius 3 is 1.94 bits per heavy atom. The summed E-state index contributed by atoms with van der Waals surface area (Å²) in [5.41, 5.74) is -0.0128. The number of rotatable bonds is 1. The van der Waals surface area contributed by atoms with Crippen molar-refractivity contribution in [3.8, 4) is 0 Å². The molecule has 0 aliphatic heterocycles. The molecule has 0 nitrogen and oxygen atoms in total. The van der Waals surface area contributed by atoms with E-state index in [9.17, 15) is 13.2 Å². The van der Waals surface area contributed by atoms with E-state index in [-0.39, 0.29) is 0 Å². The van der Waals surface area contributed by atoms with Gasteiger partial charge < -0.3 is 0 Å².